The quantitative estimate of drug-likeness (QED) is 0.370. The molecule has 1 unspecified atom stereocenters. The molecule has 0 aromatic rings. The minimum atomic E-state index is -3.07. The fraction of sp³-hybridized carbons (Fsp3) is 1.00. The number of alkyl halides is 13. The normalized spacial score (nSPS) is 18.9. The van der Waals surface area contributed by atoms with Gasteiger partial charge < -0.3 is 5.11 Å². The molecule has 0 aliphatic carbocycles. The maximum Gasteiger partial charge on any atom is 0.235 e. The van der Waals surface area contributed by atoms with E-state index in [0.29, 0.717) is 0 Å². The molecular formula is C6HCl13O. The maximum atomic E-state index is 10.0. The molecule has 0 saturated heterocycles. The third kappa shape index (κ3) is 3.93. The Labute approximate surface area is 179 Å². The summed E-state index contributed by atoms with van der Waals surface area (Å²) in [5.41, 5.74) is 0. The van der Waals surface area contributed by atoms with Crippen molar-refractivity contribution in [1.82, 2.24) is 0 Å². The van der Waals surface area contributed by atoms with Crippen molar-refractivity contribution in [1.29, 1.82) is 0 Å². The van der Waals surface area contributed by atoms with Crippen molar-refractivity contribution in [2.45, 2.75) is 25.6 Å². The van der Waals surface area contributed by atoms with Gasteiger partial charge in [0.05, 0.1) is 0 Å². The molecule has 0 amide bonds. The lowest BCUT2D eigenvalue weighted by Gasteiger charge is -2.49. The van der Waals surface area contributed by atoms with Gasteiger partial charge >= 0.3 is 0 Å². The lowest BCUT2D eigenvalue weighted by Crippen LogP contribution is -2.66. The molecule has 0 spiro atoms. The van der Waals surface area contributed by atoms with E-state index in [1.165, 1.54) is 0 Å². The first-order chi connectivity index (χ1) is 8.25. The van der Waals surface area contributed by atoms with Crippen LogP contribution in [0.2, 0.25) is 0 Å². The Balaban J connectivity index is 6.08. The van der Waals surface area contributed by atoms with E-state index in [1.807, 2.05) is 0 Å². The Kier molecular flexibility index (Phi) is 8.07. The van der Waals surface area contributed by atoms with Crippen molar-refractivity contribution >= 4 is 151 Å². The zero-order chi connectivity index (χ0) is 17.0. The molecule has 1 N–H and O–H groups in total. The van der Waals surface area contributed by atoms with Crippen LogP contribution in [0.1, 0.15) is 0 Å². The molecule has 0 fully saturated rings. The molecule has 0 aromatic heterocycles. The van der Waals surface area contributed by atoms with Crippen LogP contribution in [0.4, 0.5) is 0 Å². The van der Waals surface area contributed by atoms with Gasteiger partial charge in [-0.25, -0.2) is 0 Å². The van der Waals surface area contributed by atoms with Gasteiger partial charge in [-0.1, -0.05) is 151 Å². The minimum absolute atomic E-state index is 2.50. The fourth-order valence-corrected chi connectivity index (χ4v) is 4.03. The maximum absolute atomic E-state index is 10.0. The summed E-state index contributed by atoms with van der Waals surface area (Å²) in [6, 6.07) is 0. The lowest BCUT2D eigenvalue weighted by molar-refractivity contribution is 0.105. The summed E-state index contributed by atoms with van der Waals surface area (Å²) in [7, 11) is 0. The highest BCUT2D eigenvalue weighted by Crippen LogP contribution is 2.67. The van der Waals surface area contributed by atoms with Crippen molar-refractivity contribution < 1.29 is 5.11 Å². The molecule has 0 aromatic carbocycles. The van der Waals surface area contributed by atoms with Crippen LogP contribution in [-0.4, -0.2) is 30.8 Å². The predicted octanol–water partition coefficient (Wildman–Crippen LogP) is 7.18. The third-order valence-electron chi connectivity index (χ3n) is 1.94. The van der Waals surface area contributed by atoms with E-state index in [9.17, 15) is 5.11 Å². The van der Waals surface area contributed by atoms with Crippen LogP contribution in [-0.2, 0) is 0 Å². The van der Waals surface area contributed by atoms with Crippen LogP contribution in [0, 0.1) is 0 Å². The highest BCUT2D eigenvalue weighted by Gasteiger charge is 2.76. The molecule has 1 atom stereocenters. The smallest absolute Gasteiger partial charge is 0.235 e. The van der Waals surface area contributed by atoms with Gasteiger partial charge in [0.25, 0.3) is 0 Å². The molecule has 0 heterocycles. The molecule has 0 aliphatic rings. The van der Waals surface area contributed by atoms with Gasteiger partial charge in [0, 0.05) is 0 Å². The van der Waals surface area contributed by atoms with Gasteiger partial charge in [-0.3, -0.25) is 0 Å². The van der Waals surface area contributed by atoms with Crippen LogP contribution < -0.4 is 0 Å². The number of aliphatic hydroxyl groups is 1. The van der Waals surface area contributed by atoms with Crippen LogP contribution in [0.3, 0.4) is 0 Å². The second-order valence-electron chi connectivity index (χ2n) is 3.34. The van der Waals surface area contributed by atoms with E-state index < -0.39 is 25.6 Å². The first kappa shape index (κ1) is 23.7. The van der Waals surface area contributed by atoms with Crippen LogP contribution >= 0.6 is 151 Å². The van der Waals surface area contributed by atoms with Crippen molar-refractivity contribution in [3.63, 3.8) is 0 Å². The van der Waals surface area contributed by atoms with E-state index in [0.717, 1.165) is 0 Å². The van der Waals surface area contributed by atoms with E-state index in [-0.39, 0.29) is 0 Å². The van der Waals surface area contributed by atoms with Crippen molar-refractivity contribution in [2.24, 2.45) is 0 Å². The van der Waals surface area contributed by atoms with Gasteiger partial charge in [0.2, 0.25) is 21.3 Å². The average molecular weight is 550 g/mol. The largest absolute Gasteiger partial charge is 0.369 e. The van der Waals surface area contributed by atoms with Gasteiger partial charge in [0.1, 0.15) is 0 Å². The Morgan fingerprint density at radius 3 is 0.900 bits per heavy atom. The van der Waals surface area contributed by atoms with Gasteiger partial charge in [-0.15, -0.1) is 0 Å². The molecule has 20 heavy (non-hydrogen) atoms. The van der Waals surface area contributed by atoms with Crippen LogP contribution in [0.5, 0.6) is 0 Å². The summed E-state index contributed by atoms with van der Waals surface area (Å²) in [4.78, 5) is 0. The number of hydrogen-bond acceptors (Lipinski definition) is 1. The zero-order valence-electron chi connectivity index (χ0n) is 8.36. The summed E-state index contributed by atoms with van der Waals surface area (Å²) in [5.74, 6) is 0. The molecule has 122 valence electrons. The van der Waals surface area contributed by atoms with E-state index in [4.69, 9.17) is 151 Å². The molecule has 0 aliphatic heterocycles. The zero-order valence-corrected chi connectivity index (χ0v) is 18.2. The van der Waals surface area contributed by atoms with E-state index >= 15 is 0 Å². The lowest BCUT2D eigenvalue weighted by atomic mass is 10.1. The highest BCUT2D eigenvalue weighted by molar-refractivity contribution is 6.81. The molecule has 0 rings (SSSR count). The van der Waals surface area contributed by atoms with Gasteiger partial charge in [-0.2, -0.15) is 0 Å². The second kappa shape index (κ2) is 6.80. The standard InChI is InChI=1S/C6HCl13O/c7-1(8,3(11,12)5(14,15)16)2(9,10)4(13,20)6(17,18)19/h20H. The first-order valence-corrected chi connectivity index (χ1v) is 8.84. The predicted molar refractivity (Wildman–Crippen MR) is 94.7 cm³/mol. The highest BCUT2D eigenvalue weighted by atomic mass is 35.6. The van der Waals surface area contributed by atoms with E-state index in [2.05, 4.69) is 0 Å². The molecule has 0 bridgehead atoms. The van der Waals surface area contributed by atoms with Gasteiger partial charge in [-0.05, 0) is 0 Å². The minimum Gasteiger partial charge on any atom is -0.369 e. The van der Waals surface area contributed by atoms with E-state index in [1.54, 1.807) is 0 Å². The summed E-state index contributed by atoms with van der Waals surface area (Å²) in [6.07, 6.45) is 0. The van der Waals surface area contributed by atoms with Crippen molar-refractivity contribution in [2.75, 3.05) is 0 Å². The first-order valence-electron chi connectivity index (χ1n) is 3.93. The fourth-order valence-electron chi connectivity index (χ4n) is 0.761. The summed E-state index contributed by atoms with van der Waals surface area (Å²) < 4.78 is -13.5. The van der Waals surface area contributed by atoms with Gasteiger partial charge in [0.15, 0.2) is 4.33 Å². The second-order valence-corrected chi connectivity index (χ2v) is 12.4. The Bertz CT molecular complexity index is 324. The SMILES string of the molecule is OC(Cl)(C(Cl)(Cl)Cl)C(Cl)(Cl)C(Cl)(Cl)C(Cl)(Cl)C(Cl)(Cl)Cl. The van der Waals surface area contributed by atoms with Crippen molar-refractivity contribution in [3.05, 3.63) is 0 Å². The topological polar surface area (TPSA) is 20.2 Å². The molecule has 0 saturated carbocycles. The Hall–Kier alpha value is 3.73. The number of rotatable bonds is 3. The number of halogens is 13. The molecule has 0 radical (unpaired) electrons. The molecule has 1 nitrogen and oxygen atoms in total. The average Bonchev–Trinajstić information content (AvgIpc) is 2.12. The summed E-state index contributed by atoms with van der Waals surface area (Å²) >= 11 is 73.5. The summed E-state index contributed by atoms with van der Waals surface area (Å²) in [6.45, 7) is 0. The summed E-state index contributed by atoms with van der Waals surface area (Å²) in [5, 5.41) is 6.97. The van der Waals surface area contributed by atoms with Crippen LogP contribution in [0.25, 0.3) is 0 Å². The Morgan fingerprint density at radius 2 is 0.700 bits per heavy atom. The van der Waals surface area contributed by atoms with Crippen molar-refractivity contribution in [3.8, 4) is 0 Å². The third-order valence-corrected chi connectivity index (χ3v) is 9.39. The molecular weight excluding hydrogens is 549 g/mol. The number of hydrogen-bond donors (Lipinski definition) is 1. The molecule has 14 heteroatoms. The Morgan fingerprint density at radius 1 is 0.400 bits per heavy atom. The monoisotopic (exact) mass is 544 g/mol. The van der Waals surface area contributed by atoms with Crippen LogP contribution in [0.15, 0.2) is 0 Å².